The van der Waals surface area contributed by atoms with Crippen LogP contribution in [0.2, 0.25) is 0 Å². The van der Waals surface area contributed by atoms with Crippen molar-refractivity contribution in [3.8, 4) is 0 Å². The maximum atomic E-state index is 11.8. The number of amides is 1. The zero-order valence-corrected chi connectivity index (χ0v) is 15.2. The third-order valence-electron chi connectivity index (χ3n) is 2.97. The second-order valence-corrected chi connectivity index (χ2v) is 6.28. The van der Waals surface area contributed by atoms with Crippen LogP contribution in [0.15, 0.2) is 30.3 Å². The first-order valence-electron chi connectivity index (χ1n) is 8.11. The van der Waals surface area contributed by atoms with Crippen LogP contribution < -0.4 is 5.73 Å². The number of aliphatic hydroxyl groups is 1. The van der Waals surface area contributed by atoms with E-state index in [0.29, 0.717) is 6.42 Å². The van der Waals surface area contributed by atoms with Gasteiger partial charge in [0.25, 0.3) is 0 Å². The van der Waals surface area contributed by atoms with Crippen molar-refractivity contribution in [2.75, 3.05) is 13.6 Å². The number of benzene rings is 1. The molecule has 0 saturated carbocycles. The largest absolute Gasteiger partial charge is 0.444 e. The van der Waals surface area contributed by atoms with Gasteiger partial charge in [-0.1, -0.05) is 44.2 Å². The minimum Gasteiger partial charge on any atom is -0.444 e. The quantitative estimate of drug-likeness (QED) is 0.873. The summed E-state index contributed by atoms with van der Waals surface area (Å²) in [6, 6.07) is 9.29. The first-order valence-corrected chi connectivity index (χ1v) is 8.11. The van der Waals surface area contributed by atoms with Crippen molar-refractivity contribution < 1.29 is 14.6 Å². The van der Waals surface area contributed by atoms with E-state index in [4.69, 9.17) is 10.5 Å². The number of hydrogen-bond donors (Lipinski definition) is 2. The van der Waals surface area contributed by atoms with Crippen molar-refractivity contribution >= 4 is 6.09 Å². The van der Waals surface area contributed by atoms with Gasteiger partial charge in [-0.15, -0.1) is 0 Å². The number of rotatable bonds is 5. The van der Waals surface area contributed by atoms with Gasteiger partial charge in [0.15, 0.2) is 0 Å². The van der Waals surface area contributed by atoms with Gasteiger partial charge in [-0.2, -0.15) is 0 Å². The van der Waals surface area contributed by atoms with Gasteiger partial charge >= 0.3 is 6.09 Å². The van der Waals surface area contributed by atoms with E-state index in [1.165, 1.54) is 4.90 Å². The highest BCUT2D eigenvalue weighted by molar-refractivity contribution is 5.67. The fourth-order valence-corrected chi connectivity index (χ4v) is 1.85. The summed E-state index contributed by atoms with van der Waals surface area (Å²) >= 11 is 0. The fraction of sp³-hybridized carbons (Fsp3) is 0.611. The van der Waals surface area contributed by atoms with Gasteiger partial charge in [0.05, 0.1) is 12.6 Å². The van der Waals surface area contributed by atoms with Gasteiger partial charge in [0, 0.05) is 13.1 Å². The second kappa shape index (κ2) is 10.2. The molecular weight excluding hydrogens is 292 g/mol. The minimum atomic E-state index is -0.803. The topological polar surface area (TPSA) is 75.8 Å². The maximum absolute atomic E-state index is 11.8. The molecule has 5 nitrogen and oxygen atoms in total. The Morgan fingerprint density at radius 3 is 2.26 bits per heavy atom. The lowest BCUT2D eigenvalue weighted by Crippen LogP contribution is -2.46. The van der Waals surface area contributed by atoms with Crippen LogP contribution in [0.3, 0.4) is 0 Å². The van der Waals surface area contributed by atoms with E-state index in [1.807, 2.05) is 44.2 Å². The van der Waals surface area contributed by atoms with Crippen molar-refractivity contribution in [3.05, 3.63) is 35.9 Å². The minimum absolute atomic E-state index is 0.142. The molecule has 1 aromatic carbocycles. The van der Waals surface area contributed by atoms with Crippen LogP contribution in [0.25, 0.3) is 0 Å². The number of carbonyl (C=O) groups excluding carboxylic acids is 1. The normalized spacial score (nSPS) is 13.4. The van der Waals surface area contributed by atoms with Gasteiger partial charge in [-0.3, -0.25) is 0 Å². The van der Waals surface area contributed by atoms with E-state index in [2.05, 4.69) is 0 Å². The van der Waals surface area contributed by atoms with Gasteiger partial charge in [-0.25, -0.2) is 4.79 Å². The molecule has 2 atom stereocenters. The number of aliphatic hydroxyl groups excluding tert-OH is 1. The number of hydrogen-bond acceptors (Lipinski definition) is 4. The van der Waals surface area contributed by atoms with E-state index in [-0.39, 0.29) is 6.54 Å². The maximum Gasteiger partial charge on any atom is 0.410 e. The predicted octanol–water partition coefficient (Wildman–Crippen LogP) is 2.81. The molecule has 0 aliphatic carbocycles. The van der Waals surface area contributed by atoms with Crippen LogP contribution >= 0.6 is 0 Å². The Labute approximate surface area is 140 Å². The Morgan fingerprint density at radius 1 is 1.26 bits per heavy atom. The van der Waals surface area contributed by atoms with E-state index in [9.17, 15) is 9.90 Å². The lowest BCUT2D eigenvalue weighted by Gasteiger charge is -2.27. The van der Waals surface area contributed by atoms with Crippen molar-refractivity contribution in [3.63, 3.8) is 0 Å². The molecule has 1 rings (SSSR count). The molecule has 0 fully saturated rings. The van der Waals surface area contributed by atoms with Crippen LogP contribution in [0.1, 0.15) is 40.2 Å². The van der Waals surface area contributed by atoms with Crippen molar-refractivity contribution in [2.24, 2.45) is 5.73 Å². The zero-order chi connectivity index (χ0) is 18.0. The molecule has 0 saturated heterocycles. The molecule has 1 amide bonds. The molecule has 1 aromatic rings. The Morgan fingerprint density at radius 2 is 1.78 bits per heavy atom. The highest BCUT2D eigenvalue weighted by atomic mass is 16.6. The smallest absolute Gasteiger partial charge is 0.410 e. The third-order valence-corrected chi connectivity index (χ3v) is 2.97. The molecule has 0 bridgehead atoms. The molecule has 5 heteroatoms. The van der Waals surface area contributed by atoms with Crippen molar-refractivity contribution in [1.29, 1.82) is 0 Å². The summed E-state index contributed by atoms with van der Waals surface area (Å²) in [7, 11) is 1.59. The summed E-state index contributed by atoms with van der Waals surface area (Å²) in [5.74, 6) is 0. The van der Waals surface area contributed by atoms with Gasteiger partial charge in [0.1, 0.15) is 5.60 Å². The van der Waals surface area contributed by atoms with Crippen LogP contribution in [0.4, 0.5) is 4.79 Å². The average molecular weight is 324 g/mol. The molecule has 0 aromatic heterocycles. The lowest BCUT2D eigenvalue weighted by atomic mass is 10.0. The van der Waals surface area contributed by atoms with Crippen LogP contribution in [0.5, 0.6) is 0 Å². The molecule has 0 aliphatic rings. The molecule has 3 N–H and O–H groups in total. The standard InChI is InChI=1S/C16H26N2O3.C2H6/c1-16(2,3)21-15(20)18(4)11-14(19)13(17)10-12-8-6-5-7-9-12;1-2/h5-9,13-14,19H,10-11,17H2,1-4H3;1-2H3/t13-,14+;/m0./s1. The summed E-state index contributed by atoms with van der Waals surface area (Å²) in [5, 5.41) is 10.1. The van der Waals surface area contributed by atoms with E-state index in [0.717, 1.165) is 5.56 Å². The van der Waals surface area contributed by atoms with Gasteiger partial charge in [-0.05, 0) is 32.8 Å². The molecule has 0 radical (unpaired) electrons. The number of likely N-dealkylation sites (N-methyl/N-ethyl adjacent to an activating group) is 1. The first-order chi connectivity index (χ1) is 10.7. The predicted molar refractivity (Wildman–Crippen MR) is 94.3 cm³/mol. The highest BCUT2D eigenvalue weighted by Crippen LogP contribution is 2.10. The number of carbonyl (C=O) groups is 1. The number of nitrogens with zero attached hydrogens (tertiary/aromatic N) is 1. The molecule has 23 heavy (non-hydrogen) atoms. The monoisotopic (exact) mass is 324 g/mol. The first kappa shape index (κ1) is 21.4. The average Bonchev–Trinajstić information content (AvgIpc) is 2.48. The van der Waals surface area contributed by atoms with E-state index < -0.39 is 23.8 Å². The highest BCUT2D eigenvalue weighted by Gasteiger charge is 2.23. The Bertz CT molecular complexity index is 443. The molecule has 0 spiro atoms. The fourth-order valence-electron chi connectivity index (χ4n) is 1.85. The SMILES string of the molecule is CC.CN(C[C@@H](O)[C@@H](N)Cc1ccccc1)C(=O)OC(C)(C)C. The molecule has 0 heterocycles. The summed E-state index contributed by atoms with van der Waals surface area (Å²) in [6.45, 7) is 9.55. The van der Waals surface area contributed by atoms with Gasteiger partial charge in [0.2, 0.25) is 0 Å². The second-order valence-electron chi connectivity index (χ2n) is 6.28. The summed E-state index contributed by atoms with van der Waals surface area (Å²) in [6.07, 6.45) is -0.708. The van der Waals surface area contributed by atoms with E-state index in [1.54, 1.807) is 27.8 Å². The third kappa shape index (κ3) is 9.21. The molecule has 0 aliphatic heterocycles. The van der Waals surface area contributed by atoms with Crippen molar-refractivity contribution in [1.82, 2.24) is 4.90 Å². The van der Waals surface area contributed by atoms with Crippen LogP contribution in [0, 0.1) is 0 Å². The zero-order valence-electron chi connectivity index (χ0n) is 15.2. The summed E-state index contributed by atoms with van der Waals surface area (Å²) in [4.78, 5) is 13.2. The van der Waals surface area contributed by atoms with Gasteiger partial charge < -0.3 is 20.5 Å². The Hall–Kier alpha value is -1.59. The van der Waals surface area contributed by atoms with E-state index >= 15 is 0 Å². The summed E-state index contributed by atoms with van der Waals surface area (Å²) in [5.41, 5.74) is 6.50. The Balaban J connectivity index is 0.00000232. The van der Waals surface area contributed by atoms with Crippen LogP contribution in [-0.2, 0) is 11.2 Å². The van der Waals surface area contributed by atoms with Crippen molar-refractivity contribution in [2.45, 2.75) is 58.8 Å². The summed E-state index contributed by atoms with van der Waals surface area (Å²) < 4.78 is 5.23. The Kier molecular flexibility index (Phi) is 9.53. The molecule has 0 unspecified atom stereocenters. The lowest BCUT2D eigenvalue weighted by molar-refractivity contribution is 0.0182. The number of nitrogens with two attached hydrogens (primary N) is 1. The molecular formula is C18H32N2O3. The molecule has 132 valence electrons. The van der Waals surface area contributed by atoms with Crippen LogP contribution in [-0.4, -0.2) is 47.4 Å². The number of ether oxygens (including phenoxy) is 1.